The Bertz CT molecular complexity index is 558. The summed E-state index contributed by atoms with van der Waals surface area (Å²) < 4.78 is 5.37. The number of rotatable bonds is 4. The Hall–Kier alpha value is -1.88. The molecule has 1 aromatic heterocycles. The van der Waals surface area contributed by atoms with Gasteiger partial charge in [0.2, 0.25) is 5.91 Å². The molecule has 18 heavy (non-hydrogen) atoms. The minimum Gasteiger partial charge on any atom is -0.441 e. The molecule has 5 heteroatoms. The SMILES string of the molecule is CCC(CN)C(=O)Nc1ccc2oc(C)nc2c1. The van der Waals surface area contributed by atoms with Gasteiger partial charge in [0.25, 0.3) is 0 Å². The predicted molar refractivity (Wildman–Crippen MR) is 70.2 cm³/mol. The van der Waals surface area contributed by atoms with Crippen molar-refractivity contribution < 1.29 is 9.21 Å². The molecule has 3 N–H and O–H groups in total. The smallest absolute Gasteiger partial charge is 0.228 e. The standard InChI is InChI=1S/C13H17N3O2/c1-3-9(7-14)13(17)16-10-4-5-12-11(6-10)15-8(2)18-12/h4-6,9H,3,7,14H2,1-2H3,(H,16,17). The van der Waals surface area contributed by atoms with Crippen molar-refractivity contribution in [3.63, 3.8) is 0 Å². The number of oxazole rings is 1. The second-order valence-electron chi connectivity index (χ2n) is 4.25. The fourth-order valence-corrected chi connectivity index (χ4v) is 1.82. The number of hydrogen-bond acceptors (Lipinski definition) is 4. The average molecular weight is 247 g/mol. The lowest BCUT2D eigenvalue weighted by molar-refractivity contribution is -0.119. The highest BCUT2D eigenvalue weighted by Gasteiger charge is 2.14. The van der Waals surface area contributed by atoms with E-state index >= 15 is 0 Å². The van der Waals surface area contributed by atoms with Gasteiger partial charge in [0.15, 0.2) is 11.5 Å². The number of aryl methyl sites for hydroxylation is 1. The number of aromatic nitrogens is 1. The highest BCUT2D eigenvalue weighted by molar-refractivity contribution is 5.94. The lowest BCUT2D eigenvalue weighted by Crippen LogP contribution is -2.28. The van der Waals surface area contributed by atoms with Crippen LogP contribution in [0, 0.1) is 12.8 Å². The highest BCUT2D eigenvalue weighted by atomic mass is 16.3. The number of amides is 1. The number of hydrogen-bond donors (Lipinski definition) is 2. The summed E-state index contributed by atoms with van der Waals surface area (Å²) in [5, 5.41) is 2.84. The van der Waals surface area contributed by atoms with E-state index in [1.807, 2.05) is 6.92 Å². The Morgan fingerprint density at radius 1 is 1.56 bits per heavy atom. The first-order chi connectivity index (χ1) is 8.63. The number of anilines is 1. The molecule has 1 heterocycles. The van der Waals surface area contributed by atoms with Gasteiger partial charge in [0, 0.05) is 19.2 Å². The van der Waals surface area contributed by atoms with Gasteiger partial charge in [-0.3, -0.25) is 4.79 Å². The van der Waals surface area contributed by atoms with Crippen LogP contribution in [0.25, 0.3) is 11.1 Å². The van der Waals surface area contributed by atoms with Crippen LogP contribution in [0.1, 0.15) is 19.2 Å². The van der Waals surface area contributed by atoms with E-state index in [-0.39, 0.29) is 11.8 Å². The molecular weight excluding hydrogens is 230 g/mol. The molecule has 1 amide bonds. The molecule has 5 nitrogen and oxygen atoms in total. The Morgan fingerprint density at radius 2 is 2.33 bits per heavy atom. The molecule has 0 saturated heterocycles. The first kappa shape index (κ1) is 12.6. The van der Waals surface area contributed by atoms with Gasteiger partial charge in [-0.15, -0.1) is 0 Å². The van der Waals surface area contributed by atoms with E-state index in [0.29, 0.717) is 18.1 Å². The number of fused-ring (bicyclic) bond motifs is 1. The Labute approximate surface area is 105 Å². The molecule has 0 saturated carbocycles. The van der Waals surface area contributed by atoms with Gasteiger partial charge in [-0.2, -0.15) is 0 Å². The molecule has 96 valence electrons. The van der Waals surface area contributed by atoms with Gasteiger partial charge in [-0.25, -0.2) is 4.98 Å². The van der Waals surface area contributed by atoms with Crippen LogP contribution >= 0.6 is 0 Å². The first-order valence-corrected chi connectivity index (χ1v) is 6.02. The fraction of sp³-hybridized carbons (Fsp3) is 0.385. The Kier molecular flexibility index (Phi) is 3.62. The molecule has 2 rings (SSSR count). The molecule has 0 radical (unpaired) electrons. The summed E-state index contributed by atoms with van der Waals surface area (Å²) in [4.78, 5) is 16.1. The summed E-state index contributed by atoms with van der Waals surface area (Å²) in [5.74, 6) is 0.404. The van der Waals surface area contributed by atoms with Crippen molar-refractivity contribution in [1.29, 1.82) is 0 Å². The van der Waals surface area contributed by atoms with Gasteiger partial charge in [-0.05, 0) is 24.6 Å². The van der Waals surface area contributed by atoms with Crippen molar-refractivity contribution in [3.05, 3.63) is 24.1 Å². The number of nitrogens with one attached hydrogen (secondary N) is 1. The maximum Gasteiger partial charge on any atom is 0.228 e. The molecule has 0 bridgehead atoms. The van der Waals surface area contributed by atoms with Gasteiger partial charge >= 0.3 is 0 Å². The zero-order chi connectivity index (χ0) is 13.1. The average Bonchev–Trinajstić information content (AvgIpc) is 2.70. The molecule has 0 fully saturated rings. The quantitative estimate of drug-likeness (QED) is 0.866. The summed E-state index contributed by atoms with van der Waals surface area (Å²) in [6.45, 7) is 4.09. The third kappa shape index (κ3) is 2.51. The minimum absolute atomic E-state index is 0.0560. The third-order valence-corrected chi connectivity index (χ3v) is 2.91. The number of benzene rings is 1. The topological polar surface area (TPSA) is 81.2 Å². The van der Waals surface area contributed by atoms with Gasteiger partial charge in [0.1, 0.15) is 5.52 Å². The van der Waals surface area contributed by atoms with Crippen LogP contribution in [0.4, 0.5) is 5.69 Å². The van der Waals surface area contributed by atoms with Crippen molar-refractivity contribution in [3.8, 4) is 0 Å². The van der Waals surface area contributed by atoms with Crippen molar-refractivity contribution in [2.24, 2.45) is 11.7 Å². The molecule has 0 spiro atoms. The van der Waals surface area contributed by atoms with Crippen LogP contribution in [0.2, 0.25) is 0 Å². The van der Waals surface area contributed by atoms with E-state index in [2.05, 4.69) is 10.3 Å². The fourth-order valence-electron chi connectivity index (χ4n) is 1.82. The minimum atomic E-state index is -0.153. The maximum atomic E-state index is 11.9. The summed E-state index contributed by atoms with van der Waals surface area (Å²) >= 11 is 0. The Morgan fingerprint density at radius 3 is 3.00 bits per heavy atom. The first-order valence-electron chi connectivity index (χ1n) is 6.02. The van der Waals surface area contributed by atoms with Crippen LogP contribution in [0.15, 0.2) is 22.6 Å². The summed E-state index contributed by atoms with van der Waals surface area (Å²) in [5.41, 5.74) is 7.72. The van der Waals surface area contributed by atoms with Crippen molar-refractivity contribution in [2.75, 3.05) is 11.9 Å². The summed E-state index contributed by atoms with van der Waals surface area (Å²) in [6, 6.07) is 5.40. The number of carbonyl (C=O) groups excluding carboxylic acids is 1. The lowest BCUT2D eigenvalue weighted by atomic mass is 10.1. The number of nitrogens with zero attached hydrogens (tertiary/aromatic N) is 1. The molecule has 0 aliphatic rings. The molecule has 2 aromatic rings. The highest BCUT2D eigenvalue weighted by Crippen LogP contribution is 2.20. The number of nitrogens with two attached hydrogens (primary N) is 1. The zero-order valence-corrected chi connectivity index (χ0v) is 10.6. The largest absolute Gasteiger partial charge is 0.441 e. The maximum absolute atomic E-state index is 11.9. The monoisotopic (exact) mass is 247 g/mol. The van der Waals surface area contributed by atoms with E-state index in [9.17, 15) is 4.79 Å². The van der Waals surface area contributed by atoms with Gasteiger partial charge in [-0.1, -0.05) is 6.92 Å². The second-order valence-corrected chi connectivity index (χ2v) is 4.25. The molecular formula is C13H17N3O2. The lowest BCUT2D eigenvalue weighted by Gasteiger charge is -2.12. The molecule has 1 aromatic carbocycles. The van der Waals surface area contributed by atoms with Crippen molar-refractivity contribution in [1.82, 2.24) is 4.98 Å². The zero-order valence-electron chi connectivity index (χ0n) is 10.6. The predicted octanol–water partition coefficient (Wildman–Crippen LogP) is 2.06. The van der Waals surface area contributed by atoms with Crippen LogP contribution < -0.4 is 11.1 Å². The summed E-state index contributed by atoms with van der Waals surface area (Å²) in [6.07, 6.45) is 0.730. The van der Waals surface area contributed by atoms with Crippen LogP contribution in [-0.4, -0.2) is 17.4 Å². The molecule has 1 unspecified atom stereocenters. The van der Waals surface area contributed by atoms with Crippen molar-refractivity contribution >= 4 is 22.7 Å². The van der Waals surface area contributed by atoms with Crippen LogP contribution in [0.5, 0.6) is 0 Å². The summed E-state index contributed by atoms with van der Waals surface area (Å²) in [7, 11) is 0. The van der Waals surface area contributed by atoms with Gasteiger partial charge in [0.05, 0.1) is 5.92 Å². The second kappa shape index (κ2) is 5.18. The third-order valence-electron chi connectivity index (χ3n) is 2.91. The van der Waals surface area contributed by atoms with Crippen LogP contribution in [-0.2, 0) is 4.79 Å². The van der Waals surface area contributed by atoms with Crippen LogP contribution in [0.3, 0.4) is 0 Å². The van der Waals surface area contributed by atoms with E-state index in [0.717, 1.165) is 17.5 Å². The number of carbonyl (C=O) groups is 1. The molecule has 0 aliphatic heterocycles. The Balaban J connectivity index is 2.18. The van der Waals surface area contributed by atoms with Crippen molar-refractivity contribution in [2.45, 2.75) is 20.3 Å². The van der Waals surface area contributed by atoms with E-state index < -0.39 is 0 Å². The van der Waals surface area contributed by atoms with E-state index in [1.54, 1.807) is 25.1 Å². The van der Waals surface area contributed by atoms with E-state index in [4.69, 9.17) is 10.2 Å². The molecule has 0 aliphatic carbocycles. The normalized spacial score (nSPS) is 12.6. The van der Waals surface area contributed by atoms with Gasteiger partial charge < -0.3 is 15.5 Å². The van der Waals surface area contributed by atoms with E-state index in [1.165, 1.54) is 0 Å². The molecule has 1 atom stereocenters.